The maximum atomic E-state index is 13.2. The van der Waals surface area contributed by atoms with E-state index in [2.05, 4.69) is 27.9 Å². The number of aliphatic imine (C=N–C) groups is 1. The molecule has 2 atom stereocenters. The third-order valence-corrected chi connectivity index (χ3v) is 7.51. The average Bonchev–Trinajstić information content (AvgIpc) is 3.02. The zero-order valence-electron chi connectivity index (χ0n) is 25.9. The zero-order valence-corrected chi connectivity index (χ0v) is 26.6. The Morgan fingerprint density at radius 3 is 2.48 bits per heavy atom. The third-order valence-electron chi connectivity index (χ3n) is 7.28. The van der Waals surface area contributed by atoms with Crippen LogP contribution in [-0.4, -0.2) is 92.9 Å². The fourth-order valence-corrected chi connectivity index (χ4v) is 5.36. The van der Waals surface area contributed by atoms with E-state index in [1.165, 1.54) is 7.11 Å². The van der Waals surface area contributed by atoms with Gasteiger partial charge < -0.3 is 19.9 Å². The number of amides is 2. The molecule has 0 radical (unpaired) electrons. The molecule has 10 heteroatoms. The summed E-state index contributed by atoms with van der Waals surface area (Å²) in [5.41, 5.74) is 3.92. The number of nitrogens with zero attached hydrogens (tertiary/aromatic N) is 5. The van der Waals surface area contributed by atoms with Gasteiger partial charge >= 0.3 is 0 Å². The highest BCUT2D eigenvalue weighted by molar-refractivity contribution is 6.30. The van der Waals surface area contributed by atoms with Gasteiger partial charge in [0.05, 0.1) is 24.0 Å². The van der Waals surface area contributed by atoms with Gasteiger partial charge in [-0.15, -0.1) is 6.58 Å². The lowest BCUT2D eigenvalue weighted by Crippen LogP contribution is -2.49. The SMILES string of the molecule is C=CCC(c1ccc(Cl)cc1/C(=C\C)C(/C=C/N=CN(C)C)NC(=O)COC)N1CCN(C(=O)c2ccc(C#N)cc2)CC1. The lowest BCUT2D eigenvalue weighted by Gasteiger charge is -2.40. The number of carbonyl (C=O) groups excluding carboxylic acids is 2. The van der Waals surface area contributed by atoms with Gasteiger partial charge in [-0.2, -0.15) is 5.26 Å². The molecule has 3 rings (SSSR count). The fraction of sp³-hybridized carbons (Fsp3) is 0.353. The highest BCUT2D eigenvalue weighted by atomic mass is 35.5. The molecule has 1 fully saturated rings. The average molecular weight is 617 g/mol. The predicted molar refractivity (Wildman–Crippen MR) is 176 cm³/mol. The first-order chi connectivity index (χ1) is 21.2. The van der Waals surface area contributed by atoms with Crippen molar-refractivity contribution in [1.82, 2.24) is 20.0 Å². The van der Waals surface area contributed by atoms with E-state index in [0.717, 1.165) is 16.7 Å². The molecule has 0 aromatic heterocycles. The second kappa shape index (κ2) is 17.2. The zero-order chi connectivity index (χ0) is 32.1. The van der Waals surface area contributed by atoms with Crippen molar-refractivity contribution in [3.8, 4) is 6.07 Å². The van der Waals surface area contributed by atoms with Crippen LogP contribution in [0.2, 0.25) is 5.02 Å². The molecular formula is C34H41ClN6O3. The summed E-state index contributed by atoms with van der Waals surface area (Å²) in [4.78, 5) is 36.2. The molecule has 2 aromatic rings. The summed E-state index contributed by atoms with van der Waals surface area (Å²) in [5.74, 6) is -0.302. The van der Waals surface area contributed by atoms with Gasteiger partial charge in [0.15, 0.2) is 0 Å². The van der Waals surface area contributed by atoms with Gasteiger partial charge in [0.25, 0.3) is 5.91 Å². The highest BCUT2D eigenvalue weighted by Crippen LogP contribution is 2.35. The summed E-state index contributed by atoms with van der Waals surface area (Å²) in [6.07, 6.45) is 9.74. The minimum atomic E-state index is -0.495. The van der Waals surface area contributed by atoms with Crippen molar-refractivity contribution in [2.45, 2.75) is 25.4 Å². The Kier molecular flexibility index (Phi) is 13.4. The van der Waals surface area contributed by atoms with Crippen LogP contribution in [0.4, 0.5) is 0 Å². The minimum Gasteiger partial charge on any atom is -0.375 e. The molecule has 1 aliphatic heterocycles. The Labute approximate surface area is 265 Å². The molecule has 0 spiro atoms. The molecule has 2 unspecified atom stereocenters. The summed E-state index contributed by atoms with van der Waals surface area (Å²) in [7, 11) is 5.25. The van der Waals surface area contributed by atoms with Crippen LogP contribution in [0.3, 0.4) is 0 Å². The number of benzene rings is 2. The Bertz CT molecular complexity index is 1420. The maximum absolute atomic E-state index is 13.2. The van der Waals surface area contributed by atoms with Gasteiger partial charge in [0.1, 0.15) is 6.61 Å². The number of carbonyl (C=O) groups is 2. The van der Waals surface area contributed by atoms with Gasteiger partial charge in [-0.1, -0.05) is 29.8 Å². The summed E-state index contributed by atoms with van der Waals surface area (Å²) in [5, 5.41) is 12.7. The van der Waals surface area contributed by atoms with E-state index in [1.54, 1.807) is 36.8 Å². The number of piperazine rings is 1. The van der Waals surface area contributed by atoms with Crippen molar-refractivity contribution in [2.75, 3.05) is 54.0 Å². The molecule has 2 aromatic carbocycles. The van der Waals surface area contributed by atoms with Gasteiger partial charge in [-0.3, -0.25) is 14.5 Å². The highest BCUT2D eigenvalue weighted by Gasteiger charge is 2.30. The molecule has 1 aliphatic rings. The number of halogens is 1. The molecule has 0 saturated carbocycles. The van der Waals surface area contributed by atoms with Crippen molar-refractivity contribution >= 4 is 35.3 Å². The lowest BCUT2D eigenvalue weighted by molar-refractivity contribution is -0.124. The van der Waals surface area contributed by atoms with E-state index in [-0.39, 0.29) is 24.5 Å². The molecule has 0 bridgehead atoms. The summed E-state index contributed by atoms with van der Waals surface area (Å²) in [6.45, 7) is 8.35. The molecular weight excluding hydrogens is 576 g/mol. The molecule has 44 heavy (non-hydrogen) atoms. The van der Waals surface area contributed by atoms with Crippen molar-refractivity contribution in [3.05, 3.63) is 101 Å². The van der Waals surface area contributed by atoms with E-state index < -0.39 is 6.04 Å². The van der Waals surface area contributed by atoms with Crippen molar-refractivity contribution in [1.29, 1.82) is 5.26 Å². The molecule has 1 heterocycles. The first-order valence-electron chi connectivity index (χ1n) is 14.5. The second-order valence-corrected chi connectivity index (χ2v) is 11.0. The van der Waals surface area contributed by atoms with Crippen LogP contribution in [0.5, 0.6) is 0 Å². The van der Waals surface area contributed by atoms with Gasteiger partial charge in [-0.05, 0) is 72.5 Å². The Morgan fingerprint density at radius 1 is 1.18 bits per heavy atom. The number of hydrogen-bond donors (Lipinski definition) is 1. The van der Waals surface area contributed by atoms with Crippen LogP contribution in [0.1, 0.15) is 46.4 Å². The van der Waals surface area contributed by atoms with Gasteiger partial charge in [0, 0.05) is 70.2 Å². The predicted octanol–water partition coefficient (Wildman–Crippen LogP) is 4.92. The van der Waals surface area contributed by atoms with E-state index in [0.29, 0.717) is 48.7 Å². The Morgan fingerprint density at radius 2 is 1.89 bits per heavy atom. The molecule has 1 N–H and O–H groups in total. The molecule has 232 valence electrons. The summed E-state index contributed by atoms with van der Waals surface area (Å²) < 4.78 is 5.07. The van der Waals surface area contributed by atoms with E-state index >= 15 is 0 Å². The van der Waals surface area contributed by atoms with Crippen LogP contribution < -0.4 is 5.32 Å². The van der Waals surface area contributed by atoms with Crippen LogP contribution in [0, 0.1) is 11.3 Å². The monoisotopic (exact) mass is 616 g/mol. The Balaban J connectivity index is 1.91. The minimum absolute atomic E-state index is 0.0343. The number of allylic oxidation sites excluding steroid dienone is 1. The Hall–Kier alpha value is -4.23. The second-order valence-electron chi connectivity index (χ2n) is 10.6. The number of rotatable bonds is 13. The standard InChI is InChI=1S/C34H41ClN6O3/c1-6-8-32(40-17-19-41(20-18-40)34(43)26-11-9-25(22-36)10-12-26)29-14-13-27(35)21-30(29)28(7-2)31(38-33(42)23-44-5)15-16-37-24-39(3)4/h6-7,9-16,21,24,31-32H,1,8,17-20,23H2,2-5H3,(H,38,42)/b16-15+,28-7+,37-24?. The number of ether oxygens (including phenoxy) is 1. The first-order valence-corrected chi connectivity index (χ1v) is 14.8. The van der Waals surface area contributed by atoms with Crippen LogP contribution in [0.25, 0.3) is 5.57 Å². The quantitative estimate of drug-likeness (QED) is 0.195. The van der Waals surface area contributed by atoms with E-state index in [1.807, 2.05) is 67.2 Å². The van der Waals surface area contributed by atoms with Crippen LogP contribution >= 0.6 is 11.6 Å². The summed E-state index contributed by atoms with van der Waals surface area (Å²) >= 11 is 6.56. The normalized spacial score (nSPS) is 15.6. The number of hydrogen-bond acceptors (Lipinski definition) is 6. The molecule has 2 amide bonds. The van der Waals surface area contributed by atoms with Crippen LogP contribution in [0.15, 0.2) is 78.5 Å². The maximum Gasteiger partial charge on any atom is 0.253 e. The largest absolute Gasteiger partial charge is 0.375 e. The van der Waals surface area contributed by atoms with Crippen molar-refractivity contribution < 1.29 is 14.3 Å². The third kappa shape index (κ3) is 9.38. The lowest BCUT2D eigenvalue weighted by atomic mass is 9.88. The first kappa shape index (κ1) is 34.3. The van der Waals surface area contributed by atoms with E-state index in [4.69, 9.17) is 21.6 Å². The van der Waals surface area contributed by atoms with Crippen molar-refractivity contribution in [3.63, 3.8) is 0 Å². The van der Waals surface area contributed by atoms with E-state index in [9.17, 15) is 9.59 Å². The van der Waals surface area contributed by atoms with Crippen molar-refractivity contribution in [2.24, 2.45) is 4.99 Å². The number of nitriles is 1. The number of nitrogens with one attached hydrogen (secondary N) is 1. The van der Waals surface area contributed by atoms with Gasteiger partial charge in [-0.25, -0.2) is 4.99 Å². The topological polar surface area (TPSA) is 101 Å². The molecule has 0 aliphatic carbocycles. The summed E-state index contributed by atoms with van der Waals surface area (Å²) in [6, 6.07) is 14.1. The molecule has 1 saturated heterocycles. The molecule has 9 nitrogen and oxygen atoms in total. The smallest absolute Gasteiger partial charge is 0.253 e. The van der Waals surface area contributed by atoms with Crippen LogP contribution in [-0.2, 0) is 9.53 Å². The number of methoxy groups -OCH3 is 1. The fourth-order valence-electron chi connectivity index (χ4n) is 5.19. The van der Waals surface area contributed by atoms with Gasteiger partial charge in [0.2, 0.25) is 5.91 Å².